The number of hydrogen-bond acceptors (Lipinski definition) is 3. The van der Waals surface area contributed by atoms with Crippen LogP contribution in [0.5, 0.6) is 0 Å². The lowest BCUT2D eigenvalue weighted by Crippen LogP contribution is -2.45. The van der Waals surface area contributed by atoms with Gasteiger partial charge in [0.15, 0.2) is 0 Å². The zero-order valence-corrected chi connectivity index (χ0v) is 22.8. The van der Waals surface area contributed by atoms with Crippen LogP contribution < -0.4 is 11.0 Å². The number of hydrogen-bond donors (Lipinski definition) is 2. The lowest BCUT2D eigenvalue weighted by Gasteiger charge is -2.34. The minimum Gasteiger partial charge on any atom is -0.352 e. The Morgan fingerprint density at radius 3 is 2.37 bits per heavy atom. The van der Waals surface area contributed by atoms with Crippen molar-refractivity contribution >= 4 is 16.9 Å². The summed E-state index contributed by atoms with van der Waals surface area (Å²) in [6, 6.07) is 20.8. The van der Waals surface area contributed by atoms with Gasteiger partial charge in [0.2, 0.25) is 5.91 Å². The molecular weight excluding hydrogens is 529 g/mol. The highest BCUT2D eigenvalue weighted by Crippen LogP contribution is 2.47. The second-order valence-electron chi connectivity index (χ2n) is 11.4. The van der Waals surface area contributed by atoms with Crippen molar-refractivity contribution in [3.63, 3.8) is 0 Å². The van der Waals surface area contributed by atoms with E-state index in [1.165, 1.54) is 17.7 Å². The van der Waals surface area contributed by atoms with E-state index in [4.69, 9.17) is 0 Å². The molecule has 3 aromatic carbocycles. The van der Waals surface area contributed by atoms with E-state index in [-0.39, 0.29) is 29.6 Å². The summed E-state index contributed by atoms with van der Waals surface area (Å²) in [6.45, 7) is 4.45. The van der Waals surface area contributed by atoms with Crippen LogP contribution in [0.15, 0.2) is 77.6 Å². The fourth-order valence-electron chi connectivity index (χ4n) is 6.22. The summed E-state index contributed by atoms with van der Waals surface area (Å²) in [5.41, 5.74) is 3.21. The molecule has 3 atom stereocenters. The molecule has 9 heteroatoms. The number of H-pyrrole nitrogens is 1. The first-order chi connectivity index (χ1) is 19.7. The van der Waals surface area contributed by atoms with Crippen LogP contribution in [0.2, 0.25) is 0 Å². The van der Waals surface area contributed by atoms with E-state index >= 15 is 0 Å². The molecule has 2 heterocycles. The highest BCUT2D eigenvalue weighted by Gasteiger charge is 2.44. The number of nitrogens with one attached hydrogen (secondary N) is 2. The topological polar surface area (TPSA) is 70.1 Å². The van der Waals surface area contributed by atoms with Crippen molar-refractivity contribution in [1.82, 2.24) is 19.8 Å². The van der Waals surface area contributed by atoms with Gasteiger partial charge in [-0.3, -0.25) is 9.36 Å². The number of rotatable bonds is 7. The molecule has 0 spiro atoms. The molecule has 1 saturated carbocycles. The number of carbonyl (C=O) groups is 1. The quantitative estimate of drug-likeness (QED) is 0.292. The van der Waals surface area contributed by atoms with Crippen molar-refractivity contribution in [3.05, 3.63) is 94.4 Å². The van der Waals surface area contributed by atoms with Crippen molar-refractivity contribution < 1.29 is 18.0 Å². The maximum Gasteiger partial charge on any atom is 0.416 e. The molecule has 41 heavy (non-hydrogen) atoms. The number of imidazole rings is 1. The summed E-state index contributed by atoms with van der Waals surface area (Å²) >= 11 is 0. The van der Waals surface area contributed by atoms with Crippen molar-refractivity contribution in [3.8, 4) is 11.1 Å². The third-order valence-electron chi connectivity index (χ3n) is 8.46. The molecule has 4 aromatic rings. The minimum atomic E-state index is -4.38. The Bertz CT molecular complexity index is 1590. The summed E-state index contributed by atoms with van der Waals surface area (Å²) < 4.78 is 40.6. The van der Waals surface area contributed by atoms with Crippen LogP contribution in [-0.2, 0) is 11.0 Å². The summed E-state index contributed by atoms with van der Waals surface area (Å²) in [5.74, 6) is 0.501. The van der Waals surface area contributed by atoms with Gasteiger partial charge in [-0.05, 0) is 73.1 Å². The van der Waals surface area contributed by atoms with Crippen LogP contribution in [0.25, 0.3) is 22.2 Å². The minimum absolute atomic E-state index is 0.0375. The predicted molar refractivity (Wildman–Crippen MR) is 153 cm³/mol. The molecule has 6 rings (SSSR count). The Morgan fingerprint density at radius 1 is 1.00 bits per heavy atom. The average Bonchev–Trinajstić information content (AvgIpc) is 3.70. The summed E-state index contributed by atoms with van der Waals surface area (Å²) in [7, 11) is 0. The second kappa shape index (κ2) is 10.9. The zero-order valence-electron chi connectivity index (χ0n) is 22.8. The fourth-order valence-corrected chi connectivity index (χ4v) is 6.22. The SMILES string of the molecule is C[C@@H](CN1CCC(n2c(=O)[nH]c3cc(-c4ccc(C(F)(F)F)cc4)ccc32)CC1)NC(=O)[C@H]1C[C@@H]1c1ccccc1. The van der Waals surface area contributed by atoms with Gasteiger partial charge < -0.3 is 15.2 Å². The summed E-state index contributed by atoms with van der Waals surface area (Å²) in [4.78, 5) is 31.0. The first-order valence-corrected chi connectivity index (χ1v) is 14.2. The Balaban J connectivity index is 1.05. The van der Waals surface area contributed by atoms with E-state index < -0.39 is 11.7 Å². The Labute approximate surface area is 236 Å². The number of fused-ring (bicyclic) bond motifs is 1. The van der Waals surface area contributed by atoms with Crippen molar-refractivity contribution in [2.75, 3.05) is 19.6 Å². The standard InChI is InChI=1S/C32H33F3N4O2/c1-20(36-30(40)27-18-26(27)22-5-3-2-4-6-22)19-38-15-13-25(14-16-38)39-29-12-9-23(17-28(29)37-31(39)41)21-7-10-24(11-8-21)32(33,34)35/h2-12,17,20,25-27H,13-16,18-19H2,1H3,(H,36,40)(H,37,41)/t20-,26+,27-/m0/s1. The normalized spacial score (nSPS) is 20.7. The van der Waals surface area contributed by atoms with E-state index in [0.29, 0.717) is 17.0 Å². The van der Waals surface area contributed by atoms with Gasteiger partial charge in [-0.1, -0.05) is 48.5 Å². The molecule has 2 fully saturated rings. The highest BCUT2D eigenvalue weighted by molar-refractivity contribution is 5.83. The molecule has 214 valence electrons. The van der Waals surface area contributed by atoms with Crippen molar-refractivity contribution in [2.45, 2.75) is 50.4 Å². The third-order valence-corrected chi connectivity index (χ3v) is 8.46. The molecule has 1 aliphatic heterocycles. The number of benzene rings is 3. The number of carbonyl (C=O) groups excluding carboxylic acids is 1. The first-order valence-electron chi connectivity index (χ1n) is 14.2. The van der Waals surface area contributed by atoms with Crippen LogP contribution >= 0.6 is 0 Å². The van der Waals surface area contributed by atoms with Gasteiger partial charge in [-0.15, -0.1) is 0 Å². The van der Waals surface area contributed by atoms with Crippen molar-refractivity contribution in [2.24, 2.45) is 5.92 Å². The fraction of sp³-hybridized carbons (Fsp3) is 0.375. The van der Waals surface area contributed by atoms with Gasteiger partial charge in [-0.25, -0.2) is 4.79 Å². The van der Waals surface area contributed by atoms with Crippen molar-refractivity contribution in [1.29, 1.82) is 0 Å². The van der Waals surface area contributed by atoms with E-state index in [1.54, 1.807) is 0 Å². The molecule has 2 aliphatic rings. The van der Waals surface area contributed by atoms with Gasteiger partial charge >= 0.3 is 11.9 Å². The van der Waals surface area contributed by atoms with Crippen LogP contribution in [0.1, 0.15) is 49.3 Å². The Hall–Kier alpha value is -3.85. The summed E-state index contributed by atoms with van der Waals surface area (Å²) in [6.07, 6.45) is -1.85. The van der Waals surface area contributed by atoms with Gasteiger partial charge in [0.25, 0.3) is 0 Å². The Kier molecular flexibility index (Phi) is 7.23. The van der Waals surface area contributed by atoms with E-state index in [1.807, 2.05) is 47.9 Å². The number of aromatic nitrogens is 2. The largest absolute Gasteiger partial charge is 0.416 e. The number of amides is 1. The number of aromatic amines is 1. The highest BCUT2D eigenvalue weighted by atomic mass is 19.4. The molecule has 1 amide bonds. The predicted octanol–water partition coefficient (Wildman–Crippen LogP) is 5.96. The van der Waals surface area contributed by atoms with Crippen LogP contribution in [0.3, 0.4) is 0 Å². The van der Waals surface area contributed by atoms with Gasteiger partial charge in [0.05, 0.1) is 16.6 Å². The number of likely N-dealkylation sites (tertiary alicyclic amines) is 1. The third kappa shape index (κ3) is 5.81. The molecule has 0 unspecified atom stereocenters. The first kappa shape index (κ1) is 27.3. The monoisotopic (exact) mass is 562 g/mol. The lowest BCUT2D eigenvalue weighted by atomic mass is 10.0. The maximum absolute atomic E-state index is 12.9. The van der Waals surface area contributed by atoms with E-state index in [2.05, 4.69) is 27.3 Å². The van der Waals surface area contributed by atoms with Gasteiger partial charge in [-0.2, -0.15) is 13.2 Å². The number of piperidine rings is 1. The van der Waals surface area contributed by atoms with Crippen LogP contribution in [-0.4, -0.2) is 46.0 Å². The van der Waals surface area contributed by atoms with E-state index in [0.717, 1.165) is 62.1 Å². The van der Waals surface area contributed by atoms with E-state index in [9.17, 15) is 22.8 Å². The summed E-state index contributed by atoms with van der Waals surface area (Å²) in [5, 5.41) is 3.19. The zero-order chi connectivity index (χ0) is 28.7. The number of nitrogens with zero attached hydrogens (tertiary/aromatic N) is 2. The molecule has 0 bridgehead atoms. The maximum atomic E-state index is 12.9. The Morgan fingerprint density at radius 2 is 1.68 bits per heavy atom. The molecule has 1 saturated heterocycles. The molecule has 0 radical (unpaired) electrons. The molecular formula is C32H33F3N4O2. The molecule has 2 N–H and O–H groups in total. The van der Waals surface area contributed by atoms with Crippen LogP contribution in [0.4, 0.5) is 13.2 Å². The molecule has 1 aliphatic carbocycles. The molecule has 6 nitrogen and oxygen atoms in total. The number of alkyl halides is 3. The molecule has 1 aromatic heterocycles. The van der Waals surface area contributed by atoms with Gasteiger partial charge in [0.1, 0.15) is 0 Å². The van der Waals surface area contributed by atoms with Crippen LogP contribution in [0, 0.1) is 5.92 Å². The second-order valence-corrected chi connectivity index (χ2v) is 11.4. The average molecular weight is 563 g/mol. The smallest absolute Gasteiger partial charge is 0.352 e. The van der Waals surface area contributed by atoms with Gasteiger partial charge in [0, 0.05) is 37.6 Å². The lowest BCUT2D eigenvalue weighted by molar-refractivity contribution is -0.137. The number of halogens is 3.